The number of hydrogen-bond donors (Lipinski definition) is 1. The van der Waals surface area contributed by atoms with E-state index in [1.54, 1.807) is 11.2 Å². The number of benzene rings is 1. The molecule has 122 valence electrons. The zero-order chi connectivity index (χ0) is 16.1. The molecule has 1 aromatic carbocycles. The third-order valence-electron chi connectivity index (χ3n) is 3.55. The van der Waals surface area contributed by atoms with Crippen molar-refractivity contribution in [3.63, 3.8) is 0 Å². The minimum Gasteiger partial charge on any atom is -0.467 e. The van der Waals surface area contributed by atoms with Crippen LogP contribution in [0.5, 0.6) is 11.5 Å². The molecular weight excluding hydrogens is 296 g/mol. The Labute approximate surface area is 135 Å². The number of nitrogens with one attached hydrogen (secondary N) is 1. The van der Waals surface area contributed by atoms with Crippen molar-refractivity contribution in [2.45, 2.75) is 26.4 Å². The van der Waals surface area contributed by atoms with Crippen LogP contribution < -0.4 is 14.8 Å². The molecule has 6 heteroatoms. The summed E-state index contributed by atoms with van der Waals surface area (Å²) < 4.78 is 16.1. The molecule has 0 spiro atoms. The third-order valence-corrected chi connectivity index (χ3v) is 3.55. The molecule has 0 saturated heterocycles. The van der Waals surface area contributed by atoms with Gasteiger partial charge in [-0.1, -0.05) is 13.0 Å². The van der Waals surface area contributed by atoms with Gasteiger partial charge in [-0.25, -0.2) is 4.79 Å². The van der Waals surface area contributed by atoms with E-state index in [9.17, 15) is 4.79 Å². The number of furan rings is 1. The van der Waals surface area contributed by atoms with Crippen LogP contribution in [0.1, 0.15) is 24.7 Å². The van der Waals surface area contributed by atoms with Crippen molar-refractivity contribution in [2.24, 2.45) is 0 Å². The highest BCUT2D eigenvalue weighted by Gasteiger charge is 2.18. The Bertz CT molecular complexity index is 655. The minimum atomic E-state index is -0.110. The van der Waals surface area contributed by atoms with Gasteiger partial charge in [0.2, 0.25) is 6.79 Å². The molecule has 2 heterocycles. The Kier molecular flexibility index (Phi) is 4.71. The summed E-state index contributed by atoms with van der Waals surface area (Å²) in [6, 6.07) is 9.28. The lowest BCUT2D eigenvalue weighted by molar-refractivity contribution is 0.173. The Hall–Kier alpha value is -2.63. The molecule has 23 heavy (non-hydrogen) atoms. The van der Waals surface area contributed by atoms with Crippen LogP contribution in [0.25, 0.3) is 0 Å². The van der Waals surface area contributed by atoms with E-state index in [4.69, 9.17) is 13.9 Å². The smallest absolute Gasteiger partial charge is 0.318 e. The van der Waals surface area contributed by atoms with Gasteiger partial charge in [0.05, 0.1) is 12.8 Å². The first-order valence-electron chi connectivity index (χ1n) is 7.70. The van der Waals surface area contributed by atoms with Crippen molar-refractivity contribution in [3.8, 4) is 11.5 Å². The monoisotopic (exact) mass is 316 g/mol. The number of fused-ring (bicyclic) bond motifs is 1. The molecule has 1 aromatic heterocycles. The Balaban J connectivity index is 1.73. The van der Waals surface area contributed by atoms with Gasteiger partial charge in [-0.05, 0) is 36.2 Å². The minimum absolute atomic E-state index is 0.110. The molecule has 1 aliphatic heterocycles. The van der Waals surface area contributed by atoms with Crippen molar-refractivity contribution >= 4 is 6.03 Å². The molecule has 0 radical (unpaired) electrons. The van der Waals surface area contributed by atoms with Gasteiger partial charge in [-0.2, -0.15) is 0 Å². The van der Waals surface area contributed by atoms with Crippen molar-refractivity contribution in [1.29, 1.82) is 0 Å². The summed E-state index contributed by atoms with van der Waals surface area (Å²) in [5.41, 5.74) is 0.979. The van der Waals surface area contributed by atoms with Crippen LogP contribution in [0, 0.1) is 0 Å². The number of hydrogen-bond acceptors (Lipinski definition) is 4. The molecule has 2 amide bonds. The number of carbonyl (C=O) groups excluding carboxylic acids is 1. The predicted octanol–water partition coefficient (Wildman–Crippen LogP) is 3.13. The van der Waals surface area contributed by atoms with E-state index in [0.29, 0.717) is 19.6 Å². The maximum atomic E-state index is 12.4. The highest BCUT2D eigenvalue weighted by molar-refractivity contribution is 5.74. The van der Waals surface area contributed by atoms with E-state index >= 15 is 0 Å². The number of urea groups is 1. The average molecular weight is 316 g/mol. The summed E-state index contributed by atoms with van der Waals surface area (Å²) in [5.74, 6) is 2.20. The summed E-state index contributed by atoms with van der Waals surface area (Å²) in [4.78, 5) is 14.1. The molecule has 1 N–H and O–H groups in total. The highest BCUT2D eigenvalue weighted by Crippen LogP contribution is 2.32. The van der Waals surface area contributed by atoms with Gasteiger partial charge in [-0.3, -0.25) is 0 Å². The van der Waals surface area contributed by atoms with Gasteiger partial charge in [0.1, 0.15) is 5.76 Å². The van der Waals surface area contributed by atoms with Crippen LogP contribution in [0.15, 0.2) is 41.0 Å². The SMILES string of the molecule is CCCNC(=O)N(Cc1ccc2c(c1)OCO2)Cc1ccco1. The normalized spacial score (nSPS) is 12.2. The fourth-order valence-electron chi connectivity index (χ4n) is 2.39. The highest BCUT2D eigenvalue weighted by atomic mass is 16.7. The topological polar surface area (TPSA) is 63.9 Å². The third kappa shape index (κ3) is 3.77. The van der Waals surface area contributed by atoms with E-state index in [1.807, 2.05) is 37.3 Å². The van der Waals surface area contributed by atoms with E-state index in [1.165, 1.54) is 0 Å². The first kappa shape index (κ1) is 15.3. The summed E-state index contributed by atoms with van der Waals surface area (Å²) in [5, 5.41) is 2.91. The zero-order valence-electron chi connectivity index (χ0n) is 13.1. The molecule has 0 aliphatic carbocycles. The maximum absolute atomic E-state index is 12.4. The van der Waals surface area contributed by atoms with Crippen molar-refractivity contribution < 1.29 is 18.7 Å². The van der Waals surface area contributed by atoms with Crippen molar-refractivity contribution in [1.82, 2.24) is 10.2 Å². The predicted molar refractivity (Wildman–Crippen MR) is 84.2 cm³/mol. The van der Waals surface area contributed by atoms with Crippen LogP contribution >= 0.6 is 0 Å². The lowest BCUT2D eigenvalue weighted by Gasteiger charge is -2.22. The number of rotatable bonds is 6. The van der Waals surface area contributed by atoms with E-state index in [2.05, 4.69) is 5.32 Å². The molecule has 0 fully saturated rings. The van der Waals surface area contributed by atoms with Gasteiger partial charge < -0.3 is 24.1 Å². The number of ether oxygens (including phenoxy) is 2. The van der Waals surface area contributed by atoms with Gasteiger partial charge >= 0.3 is 6.03 Å². The Morgan fingerprint density at radius 2 is 2.09 bits per heavy atom. The second-order valence-electron chi connectivity index (χ2n) is 5.35. The molecule has 3 rings (SSSR count). The zero-order valence-corrected chi connectivity index (χ0v) is 13.1. The van der Waals surface area contributed by atoms with E-state index in [0.717, 1.165) is 29.2 Å². The quantitative estimate of drug-likeness (QED) is 0.889. The fourth-order valence-corrected chi connectivity index (χ4v) is 2.39. The Morgan fingerprint density at radius 1 is 1.22 bits per heavy atom. The van der Waals surface area contributed by atoms with Gasteiger partial charge in [0.15, 0.2) is 11.5 Å². The average Bonchev–Trinajstić information content (AvgIpc) is 3.22. The molecule has 2 aromatic rings. The van der Waals surface area contributed by atoms with Crippen LogP contribution in [-0.4, -0.2) is 24.3 Å². The van der Waals surface area contributed by atoms with Gasteiger partial charge in [-0.15, -0.1) is 0 Å². The van der Waals surface area contributed by atoms with Crippen LogP contribution in [-0.2, 0) is 13.1 Å². The first-order valence-corrected chi connectivity index (χ1v) is 7.70. The molecule has 0 atom stereocenters. The summed E-state index contributed by atoms with van der Waals surface area (Å²) >= 11 is 0. The lowest BCUT2D eigenvalue weighted by Crippen LogP contribution is -2.39. The first-order chi connectivity index (χ1) is 11.3. The number of amides is 2. The number of carbonyl (C=O) groups is 1. The van der Waals surface area contributed by atoms with Crippen LogP contribution in [0.2, 0.25) is 0 Å². The van der Waals surface area contributed by atoms with Crippen LogP contribution in [0.3, 0.4) is 0 Å². The second kappa shape index (κ2) is 7.09. The molecular formula is C17H20N2O4. The molecule has 0 saturated carbocycles. The largest absolute Gasteiger partial charge is 0.467 e. The van der Waals surface area contributed by atoms with Crippen LogP contribution in [0.4, 0.5) is 4.79 Å². The summed E-state index contributed by atoms with van der Waals surface area (Å²) in [6.45, 7) is 3.79. The standard InChI is InChI=1S/C17H20N2O4/c1-2-7-18-17(20)19(11-14-4-3-8-21-14)10-13-5-6-15-16(9-13)23-12-22-15/h3-6,8-9H,2,7,10-12H2,1H3,(H,18,20). The number of nitrogens with zero attached hydrogens (tertiary/aromatic N) is 1. The maximum Gasteiger partial charge on any atom is 0.318 e. The van der Waals surface area contributed by atoms with E-state index < -0.39 is 0 Å². The lowest BCUT2D eigenvalue weighted by atomic mass is 10.2. The summed E-state index contributed by atoms with van der Waals surface area (Å²) in [7, 11) is 0. The van der Waals surface area contributed by atoms with Gasteiger partial charge in [0.25, 0.3) is 0 Å². The summed E-state index contributed by atoms with van der Waals surface area (Å²) in [6.07, 6.45) is 2.50. The Morgan fingerprint density at radius 3 is 2.87 bits per heavy atom. The molecule has 0 bridgehead atoms. The van der Waals surface area contributed by atoms with E-state index in [-0.39, 0.29) is 12.8 Å². The van der Waals surface area contributed by atoms with Crippen molar-refractivity contribution in [2.75, 3.05) is 13.3 Å². The molecule has 6 nitrogen and oxygen atoms in total. The van der Waals surface area contributed by atoms with Gasteiger partial charge in [0, 0.05) is 13.1 Å². The second-order valence-corrected chi connectivity index (χ2v) is 5.35. The fraction of sp³-hybridized carbons (Fsp3) is 0.353. The molecule has 1 aliphatic rings. The molecule has 0 unspecified atom stereocenters. The van der Waals surface area contributed by atoms with Crippen molar-refractivity contribution in [3.05, 3.63) is 47.9 Å².